The summed E-state index contributed by atoms with van der Waals surface area (Å²) in [5, 5.41) is 0. The second kappa shape index (κ2) is 22.2. The maximum Gasteiger partial charge on any atom is 0.305 e. The topological polar surface area (TPSA) is 124 Å². The Kier molecular flexibility index (Phi) is 20.6. The van der Waals surface area contributed by atoms with Crippen LogP contribution in [0.3, 0.4) is 0 Å². The Morgan fingerprint density at radius 1 is 0.632 bits per heavy atom. The highest BCUT2D eigenvalue weighted by molar-refractivity contribution is 5.70. The summed E-state index contributed by atoms with van der Waals surface area (Å²) in [6.07, 6.45) is 5.94. The molecule has 218 valence electrons. The molecule has 0 aliphatic carbocycles. The van der Waals surface area contributed by atoms with Gasteiger partial charge in [-0.05, 0) is 44.4 Å². The van der Waals surface area contributed by atoms with Crippen LogP contribution in [0.25, 0.3) is 0 Å². The lowest BCUT2D eigenvalue weighted by molar-refractivity contribution is -0.152. The quantitative estimate of drug-likeness (QED) is 0.0910. The molecule has 0 saturated carbocycles. The molecule has 0 unspecified atom stereocenters. The first-order valence-electron chi connectivity index (χ1n) is 13.6. The zero-order valence-corrected chi connectivity index (χ0v) is 23.8. The van der Waals surface area contributed by atoms with Gasteiger partial charge in [-0.2, -0.15) is 0 Å². The van der Waals surface area contributed by atoms with Gasteiger partial charge in [0.25, 0.3) is 0 Å². The van der Waals surface area contributed by atoms with E-state index < -0.39 is 5.41 Å². The van der Waals surface area contributed by atoms with Gasteiger partial charge in [0.15, 0.2) is 0 Å². The van der Waals surface area contributed by atoms with Crippen LogP contribution in [0.5, 0.6) is 0 Å². The minimum absolute atomic E-state index is 0.0612. The monoisotopic (exact) mass is 542 g/mol. The lowest BCUT2D eigenvalue weighted by Crippen LogP contribution is -2.34. The highest BCUT2D eigenvalue weighted by atomic mass is 16.6. The Morgan fingerprint density at radius 3 is 1.53 bits per heavy atom. The molecule has 0 N–H and O–H groups in total. The van der Waals surface area contributed by atoms with Crippen molar-refractivity contribution in [1.29, 1.82) is 0 Å². The third kappa shape index (κ3) is 17.6. The summed E-state index contributed by atoms with van der Waals surface area (Å²) >= 11 is 0. The molecular weight excluding hydrogens is 496 g/mol. The van der Waals surface area contributed by atoms with E-state index in [2.05, 4.69) is 12.0 Å². The molecule has 0 heterocycles. The van der Waals surface area contributed by atoms with Crippen LogP contribution in [-0.2, 0) is 47.6 Å². The fourth-order valence-corrected chi connectivity index (χ4v) is 3.11. The van der Waals surface area contributed by atoms with Gasteiger partial charge in [-0.25, -0.2) is 0 Å². The molecule has 0 bridgehead atoms. The molecule has 38 heavy (non-hydrogen) atoms. The minimum atomic E-state index is -0.979. The second-order valence-electron chi connectivity index (χ2n) is 8.71. The largest absolute Gasteiger partial charge is 0.466 e. The van der Waals surface area contributed by atoms with Gasteiger partial charge in [-0.3, -0.25) is 19.2 Å². The fraction of sp³-hybridized carbons (Fsp3) is 0.786. The van der Waals surface area contributed by atoms with Crippen molar-refractivity contribution >= 4 is 23.9 Å². The van der Waals surface area contributed by atoms with E-state index in [-0.39, 0.29) is 62.5 Å². The summed E-state index contributed by atoms with van der Waals surface area (Å²) in [4.78, 5) is 46.6. The maximum atomic E-state index is 11.8. The Balaban J connectivity index is 5.11. The third-order valence-electron chi connectivity index (χ3n) is 5.68. The number of carbonyl (C=O) groups excluding carboxylic acids is 4. The smallest absolute Gasteiger partial charge is 0.305 e. The molecule has 0 aromatic heterocycles. The summed E-state index contributed by atoms with van der Waals surface area (Å²) < 4.78 is 32.2. The molecule has 0 aromatic rings. The molecule has 0 radical (unpaired) electrons. The summed E-state index contributed by atoms with van der Waals surface area (Å²) in [6.45, 7) is 10.2. The van der Waals surface area contributed by atoms with Crippen molar-refractivity contribution in [3.63, 3.8) is 0 Å². The summed E-state index contributed by atoms with van der Waals surface area (Å²) in [5.41, 5.74) is -0.979. The molecule has 0 atom stereocenters. The highest BCUT2D eigenvalue weighted by Gasteiger charge is 2.32. The normalized spacial score (nSPS) is 10.8. The van der Waals surface area contributed by atoms with Crippen LogP contribution in [0.15, 0.2) is 0 Å². The summed E-state index contributed by atoms with van der Waals surface area (Å²) in [5.74, 6) is 1.83. The molecule has 0 aliphatic heterocycles. The number of rotatable bonds is 21. The van der Waals surface area contributed by atoms with E-state index in [0.29, 0.717) is 65.0 Å². The molecule has 0 aromatic carbocycles. The minimum Gasteiger partial charge on any atom is -0.466 e. The number of ether oxygens (including phenoxy) is 6. The molecule has 10 nitrogen and oxygen atoms in total. The van der Waals surface area contributed by atoms with Crippen LogP contribution in [0, 0.1) is 23.4 Å². The Hall–Kier alpha value is -2.80. The number of hydrogen-bond donors (Lipinski definition) is 0. The molecule has 0 fully saturated rings. The van der Waals surface area contributed by atoms with Crippen LogP contribution in [0.1, 0.15) is 86.0 Å². The zero-order chi connectivity index (χ0) is 28.7. The molecule has 10 heteroatoms. The third-order valence-corrected chi connectivity index (χ3v) is 5.68. The zero-order valence-electron chi connectivity index (χ0n) is 23.8. The molecule has 0 amide bonds. The van der Waals surface area contributed by atoms with Crippen molar-refractivity contribution in [3.8, 4) is 12.0 Å². The van der Waals surface area contributed by atoms with Gasteiger partial charge < -0.3 is 28.4 Å². The van der Waals surface area contributed by atoms with Gasteiger partial charge in [0.1, 0.15) is 24.7 Å². The Bertz CT molecular complexity index is 710. The Labute approximate surface area is 227 Å². The molecule has 0 rings (SSSR count). The maximum absolute atomic E-state index is 11.8. The molecule has 0 spiro atoms. The van der Waals surface area contributed by atoms with Gasteiger partial charge in [-0.1, -0.05) is 27.7 Å². The first kappa shape index (κ1) is 35.2. The van der Waals surface area contributed by atoms with Crippen molar-refractivity contribution in [2.45, 2.75) is 86.0 Å². The Morgan fingerprint density at radius 2 is 1.08 bits per heavy atom. The van der Waals surface area contributed by atoms with Crippen molar-refractivity contribution in [2.24, 2.45) is 11.3 Å². The summed E-state index contributed by atoms with van der Waals surface area (Å²) in [6, 6.07) is 0. The van der Waals surface area contributed by atoms with Crippen LogP contribution < -0.4 is 0 Å². The average Bonchev–Trinajstić information content (AvgIpc) is 2.93. The average molecular weight is 543 g/mol. The van der Waals surface area contributed by atoms with Gasteiger partial charge in [0.05, 0.1) is 19.8 Å². The van der Waals surface area contributed by atoms with Crippen LogP contribution in [-0.4, -0.2) is 70.1 Å². The van der Waals surface area contributed by atoms with E-state index in [9.17, 15) is 19.2 Å². The standard InChI is InChI=1S/C28H46O10/c1-6-24(29)35-17-12-23(13-18-36-25(30)7-2)11-16-34-20-15-28(14-19-33-10-5,21-37-26(31)8-3)22-38-27(32)9-4/h23H,6-13,15-18,20-22H2,1-5H3. The van der Waals surface area contributed by atoms with Crippen molar-refractivity contribution in [2.75, 3.05) is 46.2 Å². The van der Waals surface area contributed by atoms with Crippen molar-refractivity contribution in [1.82, 2.24) is 0 Å². The number of esters is 4. The highest BCUT2D eigenvalue weighted by Crippen LogP contribution is 2.24. The van der Waals surface area contributed by atoms with Crippen LogP contribution >= 0.6 is 0 Å². The SMILES string of the molecule is CCOC#CC(CCOCCC(CCOC(=O)CC)CCOC(=O)CC)(COC(=O)CC)COC(=O)CC. The van der Waals surface area contributed by atoms with E-state index in [1.165, 1.54) is 0 Å². The fourth-order valence-electron chi connectivity index (χ4n) is 3.11. The second-order valence-corrected chi connectivity index (χ2v) is 8.71. The van der Waals surface area contributed by atoms with E-state index in [0.717, 1.165) is 0 Å². The molecule has 0 saturated heterocycles. The van der Waals surface area contributed by atoms with E-state index in [4.69, 9.17) is 28.4 Å². The van der Waals surface area contributed by atoms with Crippen molar-refractivity contribution in [3.05, 3.63) is 0 Å². The first-order chi connectivity index (χ1) is 18.2. The van der Waals surface area contributed by atoms with Gasteiger partial charge in [0.2, 0.25) is 0 Å². The lowest BCUT2D eigenvalue weighted by atomic mass is 9.87. The van der Waals surface area contributed by atoms with Gasteiger partial charge in [0, 0.05) is 38.9 Å². The first-order valence-corrected chi connectivity index (χ1v) is 13.6. The van der Waals surface area contributed by atoms with Gasteiger partial charge in [-0.15, -0.1) is 0 Å². The van der Waals surface area contributed by atoms with Gasteiger partial charge >= 0.3 is 23.9 Å². The lowest BCUT2D eigenvalue weighted by Gasteiger charge is -2.27. The van der Waals surface area contributed by atoms with E-state index in [1.54, 1.807) is 34.6 Å². The van der Waals surface area contributed by atoms with E-state index in [1.807, 2.05) is 0 Å². The number of hydrogen-bond acceptors (Lipinski definition) is 10. The summed E-state index contributed by atoms with van der Waals surface area (Å²) in [7, 11) is 0. The van der Waals surface area contributed by atoms with Crippen molar-refractivity contribution < 1.29 is 47.6 Å². The predicted octanol–water partition coefficient (Wildman–Crippen LogP) is 3.98. The number of carbonyl (C=O) groups is 4. The molecule has 0 aliphatic rings. The predicted molar refractivity (Wildman–Crippen MR) is 140 cm³/mol. The molecular formula is C28H46O10. The van der Waals surface area contributed by atoms with Crippen LogP contribution in [0.4, 0.5) is 0 Å². The van der Waals surface area contributed by atoms with Crippen LogP contribution in [0.2, 0.25) is 0 Å². The van der Waals surface area contributed by atoms with E-state index >= 15 is 0 Å².